The summed E-state index contributed by atoms with van der Waals surface area (Å²) in [6, 6.07) is 0.119. The molecule has 0 radical (unpaired) electrons. The van der Waals surface area contributed by atoms with Crippen molar-refractivity contribution in [3.63, 3.8) is 0 Å². The monoisotopic (exact) mass is 334 g/mol. The van der Waals surface area contributed by atoms with Crippen LogP contribution < -0.4 is 10.2 Å². The molecule has 1 amide bonds. The molecule has 0 aliphatic carbocycles. The zero-order valence-electron chi connectivity index (χ0n) is 10.6. The summed E-state index contributed by atoms with van der Waals surface area (Å²) in [6.45, 7) is 6.68. The van der Waals surface area contributed by atoms with Crippen molar-refractivity contribution in [3.05, 3.63) is 16.0 Å². The van der Waals surface area contributed by atoms with Gasteiger partial charge in [-0.1, -0.05) is 11.6 Å². The van der Waals surface area contributed by atoms with Gasteiger partial charge in [-0.05, 0) is 36.7 Å². The lowest BCUT2D eigenvalue weighted by Crippen LogP contribution is -2.40. The fourth-order valence-corrected chi connectivity index (χ4v) is 2.02. The largest absolute Gasteiger partial charge is 0.352 e. The number of carbonyl (C=O) groups excluding carboxylic acids is 1. The smallest absolute Gasteiger partial charge is 0.239 e. The lowest BCUT2D eigenvalue weighted by Gasteiger charge is -2.23. The van der Waals surface area contributed by atoms with E-state index >= 15 is 0 Å². The van der Waals surface area contributed by atoms with Gasteiger partial charge in [-0.25, -0.2) is 9.97 Å². The van der Waals surface area contributed by atoms with Crippen LogP contribution in [-0.4, -0.2) is 35.0 Å². The van der Waals surface area contributed by atoms with Gasteiger partial charge in [0.2, 0.25) is 5.91 Å². The Bertz CT molecular complexity index is 428. The van der Waals surface area contributed by atoms with E-state index in [9.17, 15) is 4.79 Å². The molecule has 0 bridgehead atoms. The zero-order chi connectivity index (χ0) is 13.7. The molecule has 0 aliphatic rings. The second kappa shape index (κ2) is 6.89. The summed E-state index contributed by atoms with van der Waals surface area (Å²) in [4.78, 5) is 21.6. The minimum atomic E-state index is -0.0477. The number of nitrogens with zero attached hydrogens (tertiary/aromatic N) is 3. The number of aromatic nitrogens is 2. The first-order valence-electron chi connectivity index (χ1n) is 5.66. The third-order valence-electron chi connectivity index (χ3n) is 2.19. The van der Waals surface area contributed by atoms with Crippen LogP contribution in [0.5, 0.6) is 0 Å². The normalized spacial score (nSPS) is 10.6. The van der Waals surface area contributed by atoms with Gasteiger partial charge in [0.1, 0.15) is 17.3 Å². The van der Waals surface area contributed by atoms with Crippen LogP contribution in [-0.2, 0) is 4.79 Å². The molecule has 1 aromatic rings. The minimum absolute atomic E-state index is 0.0477. The molecule has 1 heterocycles. The summed E-state index contributed by atoms with van der Waals surface area (Å²) in [6.07, 6.45) is 1.38. The molecule has 0 aromatic carbocycles. The molecule has 100 valence electrons. The number of amides is 1. The standard InChI is InChI=1S/C11H16BrClN4O/c1-4-17(5-8(18)16-7(2)3)11-9(12)10(13)14-6-15-11/h6-7H,4-5H2,1-3H3,(H,16,18). The van der Waals surface area contributed by atoms with Crippen LogP contribution >= 0.6 is 27.5 Å². The summed E-state index contributed by atoms with van der Waals surface area (Å²) in [7, 11) is 0. The lowest BCUT2D eigenvalue weighted by molar-refractivity contribution is -0.120. The summed E-state index contributed by atoms with van der Waals surface area (Å²) < 4.78 is 0.603. The van der Waals surface area contributed by atoms with E-state index in [1.807, 2.05) is 25.7 Å². The first-order chi connectivity index (χ1) is 8.45. The minimum Gasteiger partial charge on any atom is -0.352 e. The number of nitrogens with one attached hydrogen (secondary N) is 1. The van der Waals surface area contributed by atoms with Crippen LogP contribution in [0.2, 0.25) is 5.15 Å². The highest BCUT2D eigenvalue weighted by atomic mass is 79.9. The molecule has 1 aromatic heterocycles. The molecule has 1 rings (SSSR count). The Morgan fingerprint density at radius 1 is 1.56 bits per heavy atom. The first-order valence-corrected chi connectivity index (χ1v) is 6.83. The number of rotatable bonds is 5. The van der Waals surface area contributed by atoms with E-state index in [4.69, 9.17) is 11.6 Å². The quantitative estimate of drug-likeness (QED) is 0.839. The highest BCUT2D eigenvalue weighted by Crippen LogP contribution is 2.28. The summed E-state index contributed by atoms with van der Waals surface area (Å²) in [5, 5.41) is 3.17. The number of anilines is 1. The Kier molecular flexibility index (Phi) is 5.81. The van der Waals surface area contributed by atoms with Gasteiger partial charge in [-0.3, -0.25) is 4.79 Å². The maximum absolute atomic E-state index is 11.7. The number of likely N-dealkylation sites (N-methyl/N-ethyl adjacent to an activating group) is 1. The maximum atomic E-state index is 11.7. The van der Waals surface area contributed by atoms with Crippen molar-refractivity contribution < 1.29 is 4.79 Å². The fraction of sp³-hybridized carbons (Fsp3) is 0.545. The van der Waals surface area contributed by atoms with Gasteiger partial charge in [0, 0.05) is 12.6 Å². The summed E-state index contributed by atoms with van der Waals surface area (Å²) in [5.74, 6) is 0.574. The second-order valence-electron chi connectivity index (χ2n) is 4.04. The van der Waals surface area contributed by atoms with Crippen LogP contribution in [0.1, 0.15) is 20.8 Å². The van der Waals surface area contributed by atoms with Crippen molar-refractivity contribution in [2.75, 3.05) is 18.0 Å². The highest BCUT2D eigenvalue weighted by molar-refractivity contribution is 9.10. The Hall–Kier alpha value is -0.880. The van der Waals surface area contributed by atoms with E-state index in [-0.39, 0.29) is 18.5 Å². The zero-order valence-corrected chi connectivity index (χ0v) is 12.9. The van der Waals surface area contributed by atoms with Crippen LogP contribution in [0.3, 0.4) is 0 Å². The van der Waals surface area contributed by atoms with E-state index in [0.717, 1.165) is 0 Å². The van der Waals surface area contributed by atoms with E-state index in [1.54, 1.807) is 0 Å². The van der Waals surface area contributed by atoms with Crippen LogP contribution in [0.25, 0.3) is 0 Å². The van der Waals surface area contributed by atoms with Crippen LogP contribution in [0, 0.1) is 0 Å². The van der Waals surface area contributed by atoms with E-state index < -0.39 is 0 Å². The number of carbonyl (C=O) groups is 1. The molecule has 5 nitrogen and oxygen atoms in total. The Morgan fingerprint density at radius 3 is 2.78 bits per heavy atom. The predicted molar refractivity (Wildman–Crippen MR) is 75.9 cm³/mol. The number of hydrogen-bond acceptors (Lipinski definition) is 4. The maximum Gasteiger partial charge on any atom is 0.239 e. The van der Waals surface area contributed by atoms with Gasteiger partial charge >= 0.3 is 0 Å². The fourth-order valence-electron chi connectivity index (χ4n) is 1.44. The van der Waals surface area contributed by atoms with E-state index in [2.05, 4.69) is 31.2 Å². The average molecular weight is 336 g/mol. The molecule has 0 spiro atoms. The Labute approximate surface area is 120 Å². The lowest BCUT2D eigenvalue weighted by atomic mass is 10.3. The molecule has 7 heteroatoms. The van der Waals surface area contributed by atoms with Gasteiger partial charge < -0.3 is 10.2 Å². The SMILES string of the molecule is CCN(CC(=O)NC(C)C)c1ncnc(Cl)c1Br. The molecule has 0 fully saturated rings. The molecular formula is C11H16BrClN4O. The molecule has 1 N–H and O–H groups in total. The van der Waals surface area contributed by atoms with Gasteiger partial charge in [0.15, 0.2) is 0 Å². The van der Waals surface area contributed by atoms with E-state index in [1.165, 1.54) is 6.33 Å². The van der Waals surface area contributed by atoms with Gasteiger partial charge in [0.05, 0.1) is 11.0 Å². The third-order valence-corrected chi connectivity index (χ3v) is 3.44. The van der Waals surface area contributed by atoms with Gasteiger partial charge in [-0.2, -0.15) is 0 Å². The van der Waals surface area contributed by atoms with Crippen molar-refractivity contribution in [2.24, 2.45) is 0 Å². The van der Waals surface area contributed by atoms with Crippen molar-refractivity contribution in [1.82, 2.24) is 15.3 Å². The molecular weight excluding hydrogens is 320 g/mol. The number of hydrogen-bond donors (Lipinski definition) is 1. The van der Waals surface area contributed by atoms with Gasteiger partial charge in [-0.15, -0.1) is 0 Å². The highest BCUT2D eigenvalue weighted by Gasteiger charge is 2.16. The van der Waals surface area contributed by atoms with Crippen LogP contribution in [0.4, 0.5) is 5.82 Å². The van der Waals surface area contributed by atoms with Crippen molar-refractivity contribution >= 4 is 39.3 Å². The van der Waals surface area contributed by atoms with E-state index in [0.29, 0.717) is 22.0 Å². The number of halogens is 2. The molecule has 18 heavy (non-hydrogen) atoms. The third kappa shape index (κ3) is 4.10. The molecule has 0 aliphatic heterocycles. The van der Waals surface area contributed by atoms with Gasteiger partial charge in [0.25, 0.3) is 0 Å². The Morgan fingerprint density at radius 2 is 2.22 bits per heavy atom. The predicted octanol–water partition coefficient (Wildman–Crippen LogP) is 2.24. The topological polar surface area (TPSA) is 58.1 Å². The summed E-state index contributed by atoms with van der Waals surface area (Å²) >= 11 is 9.24. The first kappa shape index (κ1) is 15.2. The molecule has 0 saturated carbocycles. The molecule has 0 atom stereocenters. The average Bonchev–Trinajstić information content (AvgIpc) is 2.29. The second-order valence-corrected chi connectivity index (χ2v) is 5.19. The summed E-state index contributed by atoms with van der Waals surface area (Å²) in [5.41, 5.74) is 0. The van der Waals surface area contributed by atoms with Crippen LogP contribution in [0.15, 0.2) is 10.8 Å². The molecule has 0 unspecified atom stereocenters. The van der Waals surface area contributed by atoms with Crippen molar-refractivity contribution in [3.8, 4) is 0 Å². The molecule has 0 saturated heterocycles. The van der Waals surface area contributed by atoms with Crippen molar-refractivity contribution in [2.45, 2.75) is 26.8 Å². The Balaban J connectivity index is 2.83. The van der Waals surface area contributed by atoms with Crippen molar-refractivity contribution in [1.29, 1.82) is 0 Å².